The topological polar surface area (TPSA) is 14.2 Å². The summed E-state index contributed by atoms with van der Waals surface area (Å²) in [5.74, 6) is 1.73. The second kappa shape index (κ2) is 8.99. The maximum Gasteiger partial charge on any atom is 0.137 e. The Balaban J connectivity index is 1.36. The Bertz CT molecular complexity index is 1740. The lowest BCUT2D eigenvalue weighted by Gasteiger charge is -2.25. The second-order valence-electron chi connectivity index (χ2n) is 11.5. The van der Waals surface area contributed by atoms with Crippen molar-refractivity contribution in [1.29, 1.82) is 0 Å². The van der Waals surface area contributed by atoms with E-state index in [4.69, 9.17) is 4.74 Å². The minimum Gasteiger partial charge on any atom is -0.484 e. The molecule has 0 fully saturated rings. The van der Waals surface area contributed by atoms with Crippen molar-refractivity contribution in [2.45, 2.75) is 25.9 Å². The third kappa shape index (κ3) is 3.56. The Hall–Kier alpha value is -4.56. The van der Waals surface area contributed by atoms with Crippen LogP contribution in [0.5, 0.6) is 0 Å². The lowest BCUT2D eigenvalue weighted by molar-refractivity contribution is 0.129. The van der Waals surface area contributed by atoms with Gasteiger partial charge in [0.2, 0.25) is 0 Å². The molecule has 1 aliphatic heterocycles. The van der Waals surface area contributed by atoms with Gasteiger partial charge in [0.25, 0.3) is 0 Å². The number of nitrogens with zero attached hydrogens (tertiary/aromatic N) is 1. The first-order valence-electron chi connectivity index (χ1n) is 14.3. The van der Waals surface area contributed by atoms with Crippen LogP contribution in [0.3, 0.4) is 0 Å². The highest BCUT2D eigenvalue weighted by molar-refractivity contribution is 5.79. The molecule has 3 atom stereocenters. The molecule has 3 aliphatic carbocycles. The van der Waals surface area contributed by atoms with E-state index in [0.717, 1.165) is 24.2 Å². The zero-order valence-electron chi connectivity index (χ0n) is 22.7. The molecule has 3 unspecified atom stereocenters. The minimum atomic E-state index is -0.0101. The molecule has 0 N–H and O–H groups in total. The molecule has 0 spiro atoms. The zero-order valence-corrected chi connectivity index (χ0v) is 22.7. The molecule has 194 valence electrons. The SMILES string of the molecule is C=C1CC=CC2=C1OC1c3c4c(n(-c5cc(-c6ccccc6)cc(-c6ccccc6)c5)c3C=CC21)C=CC(C)C4. The van der Waals surface area contributed by atoms with Crippen LogP contribution in [0.4, 0.5) is 0 Å². The summed E-state index contributed by atoms with van der Waals surface area (Å²) in [6.07, 6.45) is 15.7. The van der Waals surface area contributed by atoms with Crippen molar-refractivity contribution in [2.24, 2.45) is 11.8 Å². The standard InChI is InChI=1S/C38H31NO/c1-24-16-18-34-33(20-24)36-35(19-17-32-31-15-9-10-25(2)37(31)40-38(32)36)39(34)30-22-28(26-11-5-3-6-12-26)21-29(23-30)27-13-7-4-8-14-27/h3-9,11-19,21-24,32,38H,2,10,20H2,1H3. The van der Waals surface area contributed by atoms with Gasteiger partial charge in [-0.2, -0.15) is 0 Å². The summed E-state index contributed by atoms with van der Waals surface area (Å²) in [5, 5.41) is 0. The van der Waals surface area contributed by atoms with Gasteiger partial charge < -0.3 is 9.30 Å². The molecule has 3 aromatic carbocycles. The Labute approximate surface area is 236 Å². The predicted molar refractivity (Wildman–Crippen MR) is 165 cm³/mol. The molecule has 4 aromatic rings. The zero-order chi connectivity index (χ0) is 26.8. The highest BCUT2D eigenvalue weighted by Gasteiger charge is 2.43. The summed E-state index contributed by atoms with van der Waals surface area (Å²) in [7, 11) is 0. The molecular weight excluding hydrogens is 486 g/mol. The van der Waals surface area contributed by atoms with Crippen LogP contribution in [-0.2, 0) is 11.2 Å². The van der Waals surface area contributed by atoms with E-state index < -0.39 is 0 Å². The molecule has 8 rings (SSSR count). The molecule has 0 amide bonds. The summed E-state index contributed by atoms with van der Waals surface area (Å²) in [6, 6.07) is 28.4. The number of hydrogen-bond acceptors (Lipinski definition) is 1. The Morgan fingerprint density at radius 1 is 0.775 bits per heavy atom. The van der Waals surface area contributed by atoms with Gasteiger partial charge in [-0.1, -0.05) is 98.5 Å². The third-order valence-electron chi connectivity index (χ3n) is 8.81. The van der Waals surface area contributed by atoms with E-state index in [1.54, 1.807) is 0 Å². The molecule has 0 radical (unpaired) electrons. The van der Waals surface area contributed by atoms with Crippen molar-refractivity contribution in [3.05, 3.63) is 149 Å². The van der Waals surface area contributed by atoms with Crippen LogP contribution >= 0.6 is 0 Å². The van der Waals surface area contributed by atoms with Crippen LogP contribution in [-0.4, -0.2) is 4.57 Å². The number of aromatic nitrogens is 1. The number of ether oxygens (including phenoxy) is 1. The average molecular weight is 518 g/mol. The summed E-state index contributed by atoms with van der Waals surface area (Å²) < 4.78 is 9.26. The van der Waals surface area contributed by atoms with Gasteiger partial charge in [0.1, 0.15) is 11.9 Å². The van der Waals surface area contributed by atoms with E-state index >= 15 is 0 Å². The van der Waals surface area contributed by atoms with E-state index in [-0.39, 0.29) is 12.0 Å². The molecule has 2 heteroatoms. The van der Waals surface area contributed by atoms with Crippen molar-refractivity contribution in [3.63, 3.8) is 0 Å². The van der Waals surface area contributed by atoms with Gasteiger partial charge in [-0.15, -0.1) is 0 Å². The van der Waals surface area contributed by atoms with Crippen molar-refractivity contribution in [3.8, 4) is 27.9 Å². The Morgan fingerprint density at radius 3 is 2.15 bits per heavy atom. The van der Waals surface area contributed by atoms with Crippen LogP contribution in [0.2, 0.25) is 0 Å². The third-order valence-corrected chi connectivity index (χ3v) is 8.81. The molecule has 0 saturated heterocycles. The van der Waals surface area contributed by atoms with E-state index in [1.807, 2.05) is 0 Å². The fraction of sp³-hybridized carbons (Fsp3) is 0.158. The van der Waals surface area contributed by atoms with Crippen LogP contribution in [0.25, 0.3) is 40.1 Å². The van der Waals surface area contributed by atoms with Gasteiger partial charge in [0.15, 0.2) is 0 Å². The van der Waals surface area contributed by atoms with Crippen LogP contribution in [0, 0.1) is 11.8 Å². The number of hydrogen-bond donors (Lipinski definition) is 0. The summed E-state index contributed by atoms with van der Waals surface area (Å²) in [4.78, 5) is 0. The number of benzene rings is 3. The van der Waals surface area contributed by atoms with Gasteiger partial charge in [-0.05, 0) is 82.5 Å². The molecule has 2 heterocycles. The normalized spacial score (nSPS) is 22.0. The molecule has 40 heavy (non-hydrogen) atoms. The molecular formula is C38H31NO. The monoisotopic (exact) mass is 517 g/mol. The lowest BCUT2D eigenvalue weighted by Crippen LogP contribution is -2.15. The second-order valence-corrected chi connectivity index (χ2v) is 11.5. The van der Waals surface area contributed by atoms with Crippen molar-refractivity contribution < 1.29 is 4.74 Å². The Morgan fingerprint density at radius 2 is 1.45 bits per heavy atom. The number of rotatable bonds is 3. The van der Waals surface area contributed by atoms with E-state index in [9.17, 15) is 0 Å². The first-order chi connectivity index (χ1) is 19.7. The molecule has 0 bridgehead atoms. The van der Waals surface area contributed by atoms with E-state index in [2.05, 4.69) is 133 Å². The fourth-order valence-electron chi connectivity index (χ4n) is 6.92. The summed E-state index contributed by atoms with van der Waals surface area (Å²) >= 11 is 0. The van der Waals surface area contributed by atoms with Crippen molar-refractivity contribution >= 4 is 12.2 Å². The van der Waals surface area contributed by atoms with Gasteiger partial charge in [-0.3, -0.25) is 0 Å². The van der Waals surface area contributed by atoms with Crippen LogP contribution < -0.4 is 0 Å². The molecule has 1 aromatic heterocycles. The minimum absolute atomic E-state index is 0.0101. The van der Waals surface area contributed by atoms with Crippen LogP contribution in [0.1, 0.15) is 42.0 Å². The van der Waals surface area contributed by atoms with Crippen molar-refractivity contribution in [2.75, 3.05) is 0 Å². The first-order valence-corrected chi connectivity index (χ1v) is 14.3. The molecule has 0 saturated carbocycles. The lowest BCUT2D eigenvalue weighted by atomic mass is 9.81. The predicted octanol–water partition coefficient (Wildman–Crippen LogP) is 9.50. The molecule has 2 nitrogen and oxygen atoms in total. The van der Waals surface area contributed by atoms with E-state index in [1.165, 1.54) is 56.0 Å². The smallest absolute Gasteiger partial charge is 0.137 e. The highest BCUT2D eigenvalue weighted by Crippen LogP contribution is 2.53. The van der Waals surface area contributed by atoms with Gasteiger partial charge in [0.05, 0.1) is 5.69 Å². The van der Waals surface area contributed by atoms with Gasteiger partial charge >= 0.3 is 0 Å². The summed E-state index contributed by atoms with van der Waals surface area (Å²) in [5.41, 5.74) is 13.7. The Kier molecular flexibility index (Phi) is 5.25. The fourth-order valence-corrected chi connectivity index (χ4v) is 6.92. The van der Waals surface area contributed by atoms with E-state index in [0.29, 0.717) is 5.92 Å². The van der Waals surface area contributed by atoms with Crippen LogP contribution in [0.15, 0.2) is 127 Å². The van der Waals surface area contributed by atoms with Crippen molar-refractivity contribution in [1.82, 2.24) is 4.57 Å². The number of allylic oxidation sites excluding steroid dienone is 4. The summed E-state index contributed by atoms with van der Waals surface area (Å²) in [6.45, 7) is 6.64. The average Bonchev–Trinajstić information content (AvgIpc) is 3.54. The quantitative estimate of drug-likeness (QED) is 0.264. The maximum atomic E-state index is 6.78. The largest absolute Gasteiger partial charge is 0.484 e. The molecule has 4 aliphatic rings. The number of fused-ring (bicyclic) bond motifs is 6. The first kappa shape index (κ1) is 23.3. The van der Waals surface area contributed by atoms with Gasteiger partial charge in [0, 0.05) is 28.4 Å². The highest BCUT2D eigenvalue weighted by atomic mass is 16.5. The maximum absolute atomic E-state index is 6.78. The van der Waals surface area contributed by atoms with Gasteiger partial charge in [-0.25, -0.2) is 0 Å².